The third-order valence-electron chi connectivity index (χ3n) is 2.41. The maximum atomic E-state index is 11.6. The second-order valence-corrected chi connectivity index (χ2v) is 6.14. The molecule has 82 valence electrons. The molecule has 5 heteroatoms. The number of piperidine rings is 1. The van der Waals surface area contributed by atoms with E-state index in [4.69, 9.17) is 34.8 Å². The Morgan fingerprint density at radius 1 is 1.43 bits per heavy atom. The zero-order valence-corrected chi connectivity index (χ0v) is 10.1. The molecule has 1 fully saturated rings. The largest absolute Gasteiger partial charge is 0.316 e. The number of ketones is 1. The van der Waals surface area contributed by atoms with Crippen LogP contribution in [0.2, 0.25) is 0 Å². The minimum Gasteiger partial charge on any atom is -0.316 e. The van der Waals surface area contributed by atoms with Crippen LogP contribution in [0.1, 0.15) is 25.7 Å². The first-order valence-corrected chi connectivity index (χ1v) is 5.92. The summed E-state index contributed by atoms with van der Waals surface area (Å²) in [7, 11) is 0. The number of alkyl halides is 3. The highest BCUT2D eigenvalue weighted by Gasteiger charge is 2.25. The summed E-state index contributed by atoms with van der Waals surface area (Å²) in [5.41, 5.74) is 0. The Bertz CT molecular complexity index is 197. The molecule has 0 aliphatic carbocycles. The standard InChI is InChI=1S/C9H14Cl3NO/c10-9(11,12)4-3-8(14)7-2-1-5-13-6-7/h7,13H,1-6H2/t7-/m1/s1. The van der Waals surface area contributed by atoms with Crippen LogP contribution in [0.25, 0.3) is 0 Å². The highest BCUT2D eigenvalue weighted by molar-refractivity contribution is 6.67. The normalized spacial score (nSPS) is 23.5. The molecule has 1 heterocycles. The highest BCUT2D eigenvalue weighted by atomic mass is 35.6. The van der Waals surface area contributed by atoms with Crippen molar-refractivity contribution in [3.05, 3.63) is 0 Å². The van der Waals surface area contributed by atoms with Gasteiger partial charge in [-0.1, -0.05) is 34.8 Å². The quantitative estimate of drug-likeness (QED) is 0.789. The number of hydrogen-bond donors (Lipinski definition) is 1. The van der Waals surface area contributed by atoms with E-state index in [0.29, 0.717) is 12.8 Å². The van der Waals surface area contributed by atoms with E-state index in [1.165, 1.54) is 0 Å². The van der Waals surface area contributed by atoms with Crippen LogP contribution >= 0.6 is 34.8 Å². The molecule has 1 aliphatic heterocycles. The van der Waals surface area contributed by atoms with E-state index >= 15 is 0 Å². The first kappa shape index (κ1) is 12.6. The zero-order chi connectivity index (χ0) is 10.6. The molecule has 0 unspecified atom stereocenters. The summed E-state index contributed by atoms with van der Waals surface area (Å²) in [5, 5.41) is 3.19. The Hall–Kier alpha value is 0.500. The topological polar surface area (TPSA) is 29.1 Å². The smallest absolute Gasteiger partial charge is 0.191 e. The van der Waals surface area contributed by atoms with Gasteiger partial charge < -0.3 is 5.32 Å². The molecular weight excluding hydrogens is 244 g/mol. The van der Waals surface area contributed by atoms with E-state index in [1.807, 2.05) is 0 Å². The van der Waals surface area contributed by atoms with Crippen molar-refractivity contribution in [1.82, 2.24) is 5.32 Å². The number of nitrogens with one attached hydrogen (secondary N) is 1. The van der Waals surface area contributed by atoms with Crippen LogP contribution in [0.15, 0.2) is 0 Å². The minimum absolute atomic E-state index is 0.121. The molecule has 0 aromatic rings. The molecule has 0 aromatic carbocycles. The molecule has 1 aliphatic rings. The van der Waals surface area contributed by atoms with Gasteiger partial charge in [0.15, 0.2) is 3.79 Å². The van der Waals surface area contributed by atoms with Gasteiger partial charge in [0.25, 0.3) is 0 Å². The molecule has 1 rings (SSSR count). The molecule has 1 N–H and O–H groups in total. The van der Waals surface area contributed by atoms with Gasteiger partial charge in [-0.05, 0) is 19.4 Å². The van der Waals surface area contributed by atoms with E-state index in [0.717, 1.165) is 25.9 Å². The first-order chi connectivity index (χ1) is 6.49. The maximum Gasteiger partial charge on any atom is 0.191 e. The third kappa shape index (κ3) is 4.83. The Balaban J connectivity index is 2.27. The van der Waals surface area contributed by atoms with Crippen molar-refractivity contribution in [2.45, 2.75) is 29.5 Å². The van der Waals surface area contributed by atoms with Crippen molar-refractivity contribution in [1.29, 1.82) is 0 Å². The maximum absolute atomic E-state index is 11.6. The predicted molar refractivity (Wildman–Crippen MR) is 60.1 cm³/mol. The number of halogens is 3. The van der Waals surface area contributed by atoms with Crippen molar-refractivity contribution in [3.63, 3.8) is 0 Å². The van der Waals surface area contributed by atoms with Gasteiger partial charge in [-0.2, -0.15) is 0 Å². The fraction of sp³-hybridized carbons (Fsp3) is 0.889. The Labute approximate surface area is 99.3 Å². The number of carbonyl (C=O) groups is 1. The van der Waals surface area contributed by atoms with Gasteiger partial charge in [0.2, 0.25) is 0 Å². The average Bonchev–Trinajstić information content (AvgIpc) is 2.14. The molecule has 0 amide bonds. The van der Waals surface area contributed by atoms with Gasteiger partial charge in [-0.25, -0.2) is 0 Å². The highest BCUT2D eigenvalue weighted by Crippen LogP contribution is 2.32. The molecule has 2 nitrogen and oxygen atoms in total. The van der Waals surface area contributed by atoms with Gasteiger partial charge in [0.1, 0.15) is 5.78 Å². The SMILES string of the molecule is O=C(CCC(Cl)(Cl)Cl)[C@@H]1CCCNC1. The number of carbonyl (C=O) groups excluding carboxylic acids is 1. The van der Waals surface area contributed by atoms with Crippen molar-refractivity contribution >= 4 is 40.6 Å². The van der Waals surface area contributed by atoms with E-state index in [9.17, 15) is 4.79 Å². The van der Waals surface area contributed by atoms with Crippen LogP contribution in [0, 0.1) is 5.92 Å². The van der Waals surface area contributed by atoms with Crippen molar-refractivity contribution < 1.29 is 4.79 Å². The van der Waals surface area contributed by atoms with Crippen molar-refractivity contribution in [3.8, 4) is 0 Å². The lowest BCUT2D eigenvalue weighted by atomic mass is 9.93. The van der Waals surface area contributed by atoms with E-state index in [1.54, 1.807) is 0 Å². The van der Waals surface area contributed by atoms with Crippen LogP contribution in [0.5, 0.6) is 0 Å². The van der Waals surface area contributed by atoms with E-state index in [-0.39, 0.29) is 11.7 Å². The van der Waals surface area contributed by atoms with Crippen LogP contribution in [-0.4, -0.2) is 22.7 Å². The van der Waals surface area contributed by atoms with Gasteiger partial charge in [0.05, 0.1) is 0 Å². The lowest BCUT2D eigenvalue weighted by Gasteiger charge is -2.22. The fourth-order valence-electron chi connectivity index (χ4n) is 1.60. The van der Waals surface area contributed by atoms with Crippen LogP contribution in [-0.2, 0) is 4.79 Å². The molecule has 0 spiro atoms. The molecule has 0 saturated carbocycles. The number of hydrogen-bond acceptors (Lipinski definition) is 2. The van der Waals surface area contributed by atoms with Crippen molar-refractivity contribution in [2.75, 3.05) is 13.1 Å². The predicted octanol–water partition coefficient (Wildman–Crippen LogP) is 2.71. The fourth-order valence-corrected chi connectivity index (χ4v) is 1.88. The summed E-state index contributed by atoms with van der Waals surface area (Å²) in [5.74, 6) is 0.333. The Morgan fingerprint density at radius 3 is 2.64 bits per heavy atom. The molecule has 0 aromatic heterocycles. The average molecular weight is 259 g/mol. The van der Waals surface area contributed by atoms with Gasteiger partial charge >= 0.3 is 0 Å². The minimum atomic E-state index is -1.29. The summed E-state index contributed by atoms with van der Waals surface area (Å²) in [4.78, 5) is 11.6. The summed E-state index contributed by atoms with van der Waals surface area (Å²) < 4.78 is -1.29. The molecule has 1 atom stereocenters. The van der Waals surface area contributed by atoms with E-state index in [2.05, 4.69) is 5.32 Å². The van der Waals surface area contributed by atoms with Crippen LogP contribution in [0.3, 0.4) is 0 Å². The zero-order valence-electron chi connectivity index (χ0n) is 7.86. The Kier molecular flexibility index (Phi) is 4.98. The van der Waals surface area contributed by atoms with Gasteiger partial charge in [0, 0.05) is 25.3 Å². The van der Waals surface area contributed by atoms with Gasteiger partial charge in [-0.3, -0.25) is 4.79 Å². The summed E-state index contributed by atoms with van der Waals surface area (Å²) >= 11 is 16.7. The lowest BCUT2D eigenvalue weighted by Crippen LogP contribution is -2.34. The monoisotopic (exact) mass is 257 g/mol. The van der Waals surface area contributed by atoms with Gasteiger partial charge in [-0.15, -0.1) is 0 Å². The van der Waals surface area contributed by atoms with Crippen LogP contribution in [0.4, 0.5) is 0 Å². The molecule has 14 heavy (non-hydrogen) atoms. The summed E-state index contributed by atoms with van der Waals surface area (Å²) in [6.45, 7) is 1.78. The molecular formula is C9H14Cl3NO. The second kappa shape index (κ2) is 5.55. The Morgan fingerprint density at radius 2 is 2.14 bits per heavy atom. The van der Waals surface area contributed by atoms with Crippen LogP contribution < -0.4 is 5.32 Å². The number of Topliss-reactive ketones (excluding diaryl/α,β-unsaturated/α-hetero) is 1. The third-order valence-corrected chi connectivity index (χ3v) is 2.97. The summed E-state index contributed by atoms with van der Waals surface area (Å²) in [6, 6.07) is 0. The van der Waals surface area contributed by atoms with E-state index < -0.39 is 3.79 Å². The molecule has 0 radical (unpaired) electrons. The lowest BCUT2D eigenvalue weighted by molar-refractivity contribution is -0.123. The van der Waals surface area contributed by atoms with Crippen molar-refractivity contribution in [2.24, 2.45) is 5.92 Å². The number of rotatable bonds is 3. The molecule has 1 saturated heterocycles. The summed E-state index contributed by atoms with van der Waals surface area (Å²) in [6.07, 6.45) is 2.70. The molecule has 0 bridgehead atoms. The first-order valence-electron chi connectivity index (χ1n) is 4.79. The second-order valence-electron chi connectivity index (χ2n) is 3.62.